The fourth-order valence-electron chi connectivity index (χ4n) is 2.88. The van der Waals surface area contributed by atoms with E-state index in [9.17, 15) is 5.11 Å². The topological polar surface area (TPSA) is 62.4 Å². The lowest BCUT2D eigenvalue weighted by atomic mass is 10.1. The fourth-order valence-corrected chi connectivity index (χ4v) is 3.46. The summed E-state index contributed by atoms with van der Waals surface area (Å²) < 4.78 is 5.13. The maximum Gasteiger partial charge on any atom is 0.240 e. The normalized spacial score (nSPS) is 21.0. The third-order valence-corrected chi connectivity index (χ3v) is 4.28. The third kappa shape index (κ3) is 2.79. The number of halogens is 2. The molecule has 0 radical (unpaired) electrons. The van der Waals surface area contributed by atoms with Gasteiger partial charge in [-0.2, -0.15) is 4.98 Å². The molecule has 1 N–H and O–H groups in total. The summed E-state index contributed by atoms with van der Waals surface area (Å²) in [5.41, 5.74) is 1.91. The van der Waals surface area contributed by atoms with Crippen LogP contribution in [-0.2, 0) is 13.0 Å². The second kappa shape index (κ2) is 5.57. The van der Waals surface area contributed by atoms with Crippen molar-refractivity contribution in [3.8, 4) is 0 Å². The summed E-state index contributed by atoms with van der Waals surface area (Å²) in [5, 5.41) is 15.3. The monoisotopic (exact) mass is 327 g/mol. The lowest BCUT2D eigenvalue weighted by molar-refractivity contribution is 0.0667. The number of rotatable bonds is 3. The van der Waals surface area contributed by atoms with Gasteiger partial charge >= 0.3 is 0 Å². The molecule has 0 unspecified atom stereocenters. The number of hydrogen-bond acceptors (Lipinski definition) is 5. The summed E-state index contributed by atoms with van der Waals surface area (Å²) in [6.07, 6.45) is -0.0200. The molecule has 0 amide bonds. The first kappa shape index (κ1) is 14.8. The molecule has 1 aliphatic carbocycles. The summed E-state index contributed by atoms with van der Waals surface area (Å²) in [4.78, 5) is 6.15. The lowest BCUT2D eigenvalue weighted by Crippen LogP contribution is -2.30. The standard InChI is InChI=1S/C14H15Cl2N3O2/c1-7-17-13(21-18-7)6-19(2)14-10-3-8(15)4-11(16)9(10)5-12(14)20/h3-4,12,14,20H,5-6H2,1-2H3/t12-,14-/m0/s1. The highest BCUT2D eigenvalue weighted by molar-refractivity contribution is 6.35. The average Bonchev–Trinajstić information content (AvgIpc) is 2.92. The number of hydrogen-bond donors (Lipinski definition) is 1. The minimum Gasteiger partial charge on any atom is -0.391 e. The van der Waals surface area contributed by atoms with Crippen LogP contribution >= 0.6 is 23.2 Å². The molecule has 0 saturated heterocycles. The predicted molar refractivity (Wildman–Crippen MR) is 79.4 cm³/mol. The van der Waals surface area contributed by atoms with E-state index in [1.165, 1.54) is 0 Å². The second-order valence-electron chi connectivity index (χ2n) is 5.32. The van der Waals surface area contributed by atoms with Crippen LogP contribution in [0.1, 0.15) is 28.9 Å². The van der Waals surface area contributed by atoms with Crippen LogP contribution in [0.5, 0.6) is 0 Å². The number of fused-ring (bicyclic) bond motifs is 1. The van der Waals surface area contributed by atoms with E-state index in [4.69, 9.17) is 27.7 Å². The van der Waals surface area contributed by atoms with Crippen LogP contribution in [0.25, 0.3) is 0 Å². The van der Waals surface area contributed by atoms with Crippen LogP contribution in [-0.4, -0.2) is 33.3 Å². The number of aliphatic hydroxyl groups excluding tert-OH is 1. The molecule has 1 heterocycles. The Morgan fingerprint density at radius 3 is 2.86 bits per heavy atom. The number of nitrogens with zero attached hydrogens (tertiary/aromatic N) is 3. The van der Waals surface area contributed by atoms with Crippen LogP contribution in [0.15, 0.2) is 16.7 Å². The first-order chi connectivity index (χ1) is 9.95. The maximum absolute atomic E-state index is 10.4. The molecule has 0 aliphatic heterocycles. The molecule has 0 fully saturated rings. The van der Waals surface area contributed by atoms with Crippen molar-refractivity contribution in [3.63, 3.8) is 0 Å². The Hall–Kier alpha value is -1.14. The zero-order valence-electron chi connectivity index (χ0n) is 11.7. The molecule has 21 heavy (non-hydrogen) atoms. The van der Waals surface area contributed by atoms with E-state index < -0.39 is 6.10 Å². The van der Waals surface area contributed by atoms with Gasteiger partial charge in [0.25, 0.3) is 0 Å². The summed E-state index contributed by atoms with van der Waals surface area (Å²) in [7, 11) is 1.90. The highest BCUT2D eigenvalue weighted by atomic mass is 35.5. The second-order valence-corrected chi connectivity index (χ2v) is 6.17. The van der Waals surface area contributed by atoms with Gasteiger partial charge in [-0.15, -0.1) is 0 Å². The molecule has 7 heteroatoms. The van der Waals surface area contributed by atoms with E-state index >= 15 is 0 Å². The molecule has 1 aromatic carbocycles. The molecule has 0 spiro atoms. The SMILES string of the molecule is Cc1noc(CN(C)[C@H]2c3cc(Cl)cc(Cl)c3C[C@@H]2O)n1. The molecule has 2 atom stereocenters. The minimum absolute atomic E-state index is 0.191. The predicted octanol–water partition coefficient (Wildman–Crippen LogP) is 2.77. The van der Waals surface area contributed by atoms with Gasteiger partial charge in [0.15, 0.2) is 5.82 Å². The Morgan fingerprint density at radius 2 is 2.19 bits per heavy atom. The Bertz CT molecular complexity index is 674. The number of aliphatic hydroxyl groups is 1. The van der Waals surface area contributed by atoms with Crippen LogP contribution in [0.2, 0.25) is 10.0 Å². The fraction of sp³-hybridized carbons (Fsp3) is 0.429. The van der Waals surface area contributed by atoms with Gasteiger partial charge in [0.1, 0.15) is 0 Å². The summed E-state index contributed by atoms with van der Waals surface area (Å²) >= 11 is 12.3. The van der Waals surface area contributed by atoms with Gasteiger partial charge < -0.3 is 9.63 Å². The van der Waals surface area contributed by atoms with Crippen molar-refractivity contribution in [1.29, 1.82) is 0 Å². The largest absolute Gasteiger partial charge is 0.391 e. The molecule has 1 aliphatic rings. The molecule has 112 valence electrons. The van der Waals surface area contributed by atoms with Gasteiger partial charge in [0, 0.05) is 16.5 Å². The summed E-state index contributed by atoms with van der Waals surface area (Å²) in [5.74, 6) is 1.11. The van der Waals surface area contributed by atoms with Crippen LogP contribution in [0.4, 0.5) is 0 Å². The van der Waals surface area contributed by atoms with Gasteiger partial charge in [0.05, 0.1) is 18.7 Å². The van der Waals surface area contributed by atoms with Crippen LogP contribution < -0.4 is 0 Å². The molecule has 2 aromatic rings. The van der Waals surface area contributed by atoms with Crippen molar-refractivity contribution in [1.82, 2.24) is 15.0 Å². The van der Waals surface area contributed by atoms with Gasteiger partial charge in [-0.1, -0.05) is 28.4 Å². The lowest BCUT2D eigenvalue weighted by Gasteiger charge is -2.26. The Labute approximate surface area is 132 Å². The van der Waals surface area contributed by atoms with Gasteiger partial charge in [-0.3, -0.25) is 4.90 Å². The molecular weight excluding hydrogens is 313 g/mol. The van der Waals surface area contributed by atoms with E-state index in [1.54, 1.807) is 13.0 Å². The summed E-state index contributed by atoms with van der Waals surface area (Å²) in [6, 6.07) is 3.38. The zero-order valence-corrected chi connectivity index (χ0v) is 13.2. The van der Waals surface area contributed by atoms with Crippen molar-refractivity contribution in [2.45, 2.75) is 32.0 Å². The number of aryl methyl sites for hydroxylation is 1. The van der Waals surface area contributed by atoms with Crippen molar-refractivity contribution in [2.24, 2.45) is 0 Å². The van der Waals surface area contributed by atoms with Gasteiger partial charge in [-0.05, 0) is 37.2 Å². The van der Waals surface area contributed by atoms with E-state index in [1.807, 2.05) is 18.0 Å². The molecule has 3 rings (SSSR count). The van der Waals surface area contributed by atoms with Crippen LogP contribution in [0.3, 0.4) is 0 Å². The molecule has 0 bridgehead atoms. The number of benzene rings is 1. The average molecular weight is 328 g/mol. The Morgan fingerprint density at radius 1 is 1.43 bits per heavy atom. The molecule has 1 aromatic heterocycles. The Balaban J connectivity index is 1.89. The molecule has 0 saturated carbocycles. The zero-order chi connectivity index (χ0) is 15.1. The van der Waals surface area contributed by atoms with Crippen molar-refractivity contribution in [3.05, 3.63) is 45.0 Å². The van der Waals surface area contributed by atoms with Crippen molar-refractivity contribution in [2.75, 3.05) is 7.05 Å². The highest BCUT2D eigenvalue weighted by Crippen LogP contribution is 2.41. The van der Waals surface area contributed by atoms with E-state index in [0.29, 0.717) is 34.7 Å². The van der Waals surface area contributed by atoms with E-state index in [-0.39, 0.29) is 6.04 Å². The first-order valence-corrected chi connectivity index (χ1v) is 7.36. The maximum atomic E-state index is 10.4. The number of aromatic nitrogens is 2. The minimum atomic E-state index is -0.537. The van der Waals surface area contributed by atoms with Crippen molar-refractivity contribution >= 4 is 23.2 Å². The van der Waals surface area contributed by atoms with Crippen LogP contribution in [0, 0.1) is 6.92 Å². The van der Waals surface area contributed by atoms with Gasteiger partial charge in [-0.25, -0.2) is 0 Å². The molecular formula is C14H15Cl2N3O2. The first-order valence-electron chi connectivity index (χ1n) is 6.61. The quantitative estimate of drug-likeness (QED) is 0.939. The van der Waals surface area contributed by atoms with Crippen molar-refractivity contribution < 1.29 is 9.63 Å². The van der Waals surface area contributed by atoms with E-state index in [2.05, 4.69) is 10.1 Å². The highest BCUT2D eigenvalue weighted by Gasteiger charge is 2.36. The Kier molecular flexibility index (Phi) is 3.92. The smallest absolute Gasteiger partial charge is 0.240 e. The van der Waals surface area contributed by atoms with Gasteiger partial charge in [0.2, 0.25) is 5.89 Å². The summed E-state index contributed by atoms with van der Waals surface area (Å²) in [6.45, 7) is 2.22. The number of likely N-dealkylation sites (N-methyl/N-ethyl adjacent to an activating group) is 1. The van der Waals surface area contributed by atoms with E-state index in [0.717, 1.165) is 11.1 Å². The third-order valence-electron chi connectivity index (χ3n) is 3.72. The molecule has 5 nitrogen and oxygen atoms in total.